The molecule has 1 amide bonds. The van der Waals surface area contributed by atoms with Gasteiger partial charge < -0.3 is 10.5 Å². The summed E-state index contributed by atoms with van der Waals surface area (Å²) in [6.07, 6.45) is 0. The first-order chi connectivity index (χ1) is 8.07. The molecule has 17 heavy (non-hydrogen) atoms. The van der Waals surface area contributed by atoms with Gasteiger partial charge in [-0.05, 0) is 12.1 Å². The molecule has 94 valence electrons. The normalized spacial score (nSPS) is 12.4. The topological polar surface area (TPSA) is 64.3 Å². The number of methoxy groups -OCH3 is 1. The van der Waals surface area contributed by atoms with Crippen LogP contribution in [0.3, 0.4) is 0 Å². The molecule has 0 aliphatic carbocycles. The third-order valence-electron chi connectivity index (χ3n) is 2.23. The van der Waals surface area contributed by atoms with Crippen LogP contribution in [0.2, 0.25) is 0 Å². The number of hydrogen-bond donors (Lipinski definition) is 2. The van der Waals surface area contributed by atoms with E-state index in [1.54, 1.807) is 0 Å². The van der Waals surface area contributed by atoms with Crippen molar-refractivity contribution < 1.29 is 18.3 Å². The van der Waals surface area contributed by atoms with Gasteiger partial charge in [0.1, 0.15) is 17.7 Å². The zero-order valence-corrected chi connectivity index (χ0v) is 9.37. The molecule has 0 aliphatic heterocycles. The monoisotopic (exact) mass is 244 g/mol. The van der Waals surface area contributed by atoms with Crippen LogP contribution in [0.25, 0.3) is 0 Å². The lowest BCUT2D eigenvalue weighted by atomic mass is 10.0. The van der Waals surface area contributed by atoms with Gasteiger partial charge in [-0.25, -0.2) is 8.78 Å². The van der Waals surface area contributed by atoms with Crippen molar-refractivity contribution in [1.29, 1.82) is 0 Å². The van der Waals surface area contributed by atoms with Crippen LogP contribution in [0.1, 0.15) is 11.6 Å². The number of primary amides is 1. The van der Waals surface area contributed by atoms with E-state index >= 15 is 0 Å². The Morgan fingerprint density at radius 1 is 1.47 bits per heavy atom. The van der Waals surface area contributed by atoms with E-state index in [-0.39, 0.29) is 12.1 Å². The molecule has 0 heterocycles. The summed E-state index contributed by atoms with van der Waals surface area (Å²) in [5.74, 6) is -2.46. The molecule has 0 aliphatic rings. The highest BCUT2D eigenvalue weighted by molar-refractivity contribution is 5.81. The number of rotatable bonds is 6. The molecule has 1 aromatic carbocycles. The van der Waals surface area contributed by atoms with E-state index < -0.39 is 23.6 Å². The number of carbonyl (C=O) groups is 1. The molecule has 1 atom stereocenters. The van der Waals surface area contributed by atoms with Gasteiger partial charge in [-0.2, -0.15) is 0 Å². The number of nitrogens with one attached hydrogen (secondary N) is 1. The molecular weight excluding hydrogens is 230 g/mol. The van der Waals surface area contributed by atoms with Crippen molar-refractivity contribution in [1.82, 2.24) is 5.32 Å². The number of benzene rings is 1. The fourth-order valence-corrected chi connectivity index (χ4v) is 1.44. The van der Waals surface area contributed by atoms with Crippen LogP contribution in [0, 0.1) is 11.6 Å². The summed E-state index contributed by atoms with van der Waals surface area (Å²) in [5.41, 5.74) is 4.75. The fourth-order valence-electron chi connectivity index (χ4n) is 1.44. The predicted octanol–water partition coefficient (Wildman–Crippen LogP) is 0.727. The SMILES string of the molecule is COCCNC(C(N)=O)c1c(F)cccc1F. The first kappa shape index (κ1) is 13.5. The van der Waals surface area contributed by atoms with E-state index in [2.05, 4.69) is 5.32 Å². The number of amides is 1. The van der Waals surface area contributed by atoms with Crippen LogP contribution in [0.4, 0.5) is 8.78 Å². The largest absolute Gasteiger partial charge is 0.383 e. The Labute approximate surface area is 97.8 Å². The van der Waals surface area contributed by atoms with Crippen LogP contribution in [-0.4, -0.2) is 26.2 Å². The summed E-state index contributed by atoms with van der Waals surface area (Å²) in [4.78, 5) is 11.2. The average molecular weight is 244 g/mol. The summed E-state index contributed by atoms with van der Waals surface area (Å²) >= 11 is 0. The van der Waals surface area contributed by atoms with Gasteiger partial charge in [0.25, 0.3) is 0 Å². The van der Waals surface area contributed by atoms with Gasteiger partial charge in [-0.1, -0.05) is 6.07 Å². The summed E-state index contributed by atoms with van der Waals surface area (Å²) in [5, 5.41) is 2.64. The van der Waals surface area contributed by atoms with Gasteiger partial charge in [0.05, 0.1) is 6.61 Å². The van der Waals surface area contributed by atoms with E-state index in [0.29, 0.717) is 6.61 Å². The lowest BCUT2D eigenvalue weighted by Crippen LogP contribution is -2.36. The molecule has 0 saturated carbocycles. The second-order valence-corrected chi connectivity index (χ2v) is 3.42. The van der Waals surface area contributed by atoms with Crippen molar-refractivity contribution in [2.45, 2.75) is 6.04 Å². The molecule has 4 nitrogen and oxygen atoms in total. The zero-order chi connectivity index (χ0) is 12.8. The molecule has 0 saturated heterocycles. The van der Waals surface area contributed by atoms with Crippen LogP contribution in [0.5, 0.6) is 0 Å². The Bertz CT molecular complexity index is 379. The van der Waals surface area contributed by atoms with Crippen molar-refractivity contribution in [2.24, 2.45) is 5.73 Å². The fraction of sp³-hybridized carbons (Fsp3) is 0.364. The number of carbonyl (C=O) groups excluding carboxylic acids is 1. The van der Waals surface area contributed by atoms with Crippen molar-refractivity contribution >= 4 is 5.91 Å². The highest BCUT2D eigenvalue weighted by Gasteiger charge is 2.24. The van der Waals surface area contributed by atoms with Gasteiger partial charge in [0.15, 0.2) is 0 Å². The Hall–Kier alpha value is -1.53. The molecule has 1 unspecified atom stereocenters. The minimum Gasteiger partial charge on any atom is -0.383 e. The third kappa shape index (κ3) is 3.47. The third-order valence-corrected chi connectivity index (χ3v) is 2.23. The van der Waals surface area contributed by atoms with Crippen molar-refractivity contribution in [3.63, 3.8) is 0 Å². The van der Waals surface area contributed by atoms with Crippen LogP contribution in [0.15, 0.2) is 18.2 Å². The van der Waals surface area contributed by atoms with E-state index in [0.717, 1.165) is 12.1 Å². The van der Waals surface area contributed by atoms with E-state index in [9.17, 15) is 13.6 Å². The van der Waals surface area contributed by atoms with Gasteiger partial charge in [-0.15, -0.1) is 0 Å². The Morgan fingerprint density at radius 3 is 2.53 bits per heavy atom. The number of nitrogens with two attached hydrogens (primary N) is 1. The average Bonchev–Trinajstić information content (AvgIpc) is 2.26. The highest BCUT2D eigenvalue weighted by atomic mass is 19.1. The molecule has 0 spiro atoms. The highest BCUT2D eigenvalue weighted by Crippen LogP contribution is 2.20. The van der Waals surface area contributed by atoms with Gasteiger partial charge >= 0.3 is 0 Å². The van der Waals surface area contributed by atoms with Gasteiger partial charge in [0, 0.05) is 19.2 Å². The van der Waals surface area contributed by atoms with Gasteiger partial charge in [0.2, 0.25) is 5.91 Å². The second kappa shape index (κ2) is 6.27. The minimum atomic E-state index is -1.20. The summed E-state index contributed by atoms with van der Waals surface area (Å²) in [6.45, 7) is 0.567. The lowest BCUT2D eigenvalue weighted by Gasteiger charge is -2.16. The molecule has 3 N–H and O–H groups in total. The molecule has 0 aromatic heterocycles. The molecule has 1 aromatic rings. The standard InChI is InChI=1S/C11H14F2N2O2/c1-17-6-5-15-10(11(14)16)9-7(12)3-2-4-8(9)13/h2-4,10,15H,5-6H2,1H3,(H2,14,16). The van der Waals surface area contributed by atoms with Crippen LogP contribution in [-0.2, 0) is 9.53 Å². The minimum absolute atomic E-state index is 0.262. The maximum atomic E-state index is 13.5. The maximum absolute atomic E-state index is 13.5. The molecule has 1 rings (SSSR count). The number of hydrogen-bond acceptors (Lipinski definition) is 3. The number of ether oxygens (including phenoxy) is 1. The Morgan fingerprint density at radius 2 is 2.06 bits per heavy atom. The predicted molar refractivity (Wildman–Crippen MR) is 58.2 cm³/mol. The van der Waals surface area contributed by atoms with Crippen LogP contribution < -0.4 is 11.1 Å². The van der Waals surface area contributed by atoms with Crippen molar-refractivity contribution in [2.75, 3.05) is 20.3 Å². The zero-order valence-electron chi connectivity index (χ0n) is 9.37. The molecule has 0 bridgehead atoms. The summed E-state index contributed by atoms with van der Waals surface area (Å²) in [7, 11) is 1.48. The lowest BCUT2D eigenvalue weighted by molar-refractivity contribution is -0.120. The van der Waals surface area contributed by atoms with E-state index in [4.69, 9.17) is 10.5 Å². The first-order valence-electron chi connectivity index (χ1n) is 5.03. The smallest absolute Gasteiger partial charge is 0.239 e. The van der Waals surface area contributed by atoms with Crippen LogP contribution >= 0.6 is 0 Å². The van der Waals surface area contributed by atoms with Gasteiger partial charge in [-0.3, -0.25) is 10.1 Å². The maximum Gasteiger partial charge on any atom is 0.239 e. The molecule has 6 heteroatoms. The van der Waals surface area contributed by atoms with Crippen molar-refractivity contribution in [3.8, 4) is 0 Å². The Balaban J connectivity index is 2.93. The van der Waals surface area contributed by atoms with Crippen molar-refractivity contribution in [3.05, 3.63) is 35.4 Å². The second-order valence-electron chi connectivity index (χ2n) is 3.42. The molecule has 0 fully saturated rings. The number of halogens is 2. The summed E-state index contributed by atoms with van der Waals surface area (Å²) in [6, 6.07) is 2.17. The molecular formula is C11H14F2N2O2. The quantitative estimate of drug-likeness (QED) is 0.725. The summed E-state index contributed by atoms with van der Waals surface area (Å²) < 4.78 is 31.7. The molecule has 0 radical (unpaired) electrons. The Kier molecular flexibility index (Phi) is 4.99. The van der Waals surface area contributed by atoms with E-state index in [1.165, 1.54) is 13.2 Å². The first-order valence-corrected chi connectivity index (χ1v) is 5.03. The van der Waals surface area contributed by atoms with E-state index in [1.807, 2.05) is 0 Å².